The lowest BCUT2D eigenvalue weighted by Gasteiger charge is -2.14. The minimum absolute atomic E-state index is 0.142. The van der Waals surface area contributed by atoms with Crippen molar-refractivity contribution in [2.45, 2.75) is 6.04 Å². The van der Waals surface area contributed by atoms with Crippen molar-refractivity contribution in [3.63, 3.8) is 0 Å². The van der Waals surface area contributed by atoms with Gasteiger partial charge in [0.1, 0.15) is 0 Å². The molecule has 2 rings (SSSR count). The van der Waals surface area contributed by atoms with Crippen LogP contribution in [0.3, 0.4) is 0 Å². The Bertz CT molecular complexity index is 510. The van der Waals surface area contributed by atoms with Gasteiger partial charge in [-0.2, -0.15) is 5.10 Å². The summed E-state index contributed by atoms with van der Waals surface area (Å²) in [5.74, 6) is 0. The first-order chi connectivity index (χ1) is 7.59. The largest absolute Gasteiger partial charge is 0.319 e. The molecule has 2 aromatic rings. The second-order valence-electron chi connectivity index (χ2n) is 3.52. The maximum atomic E-state index is 6.24. The summed E-state index contributed by atoms with van der Waals surface area (Å²) in [5.41, 5.74) is 8.36. The van der Waals surface area contributed by atoms with Crippen LogP contribution in [0.1, 0.15) is 17.3 Å². The van der Waals surface area contributed by atoms with Crippen molar-refractivity contribution in [1.82, 2.24) is 9.78 Å². The van der Waals surface area contributed by atoms with E-state index >= 15 is 0 Å². The zero-order valence-electron chi connectivity index (χ0n) is 8.69. The van der Waals surface area contributed by atoms with E-state index in [1.165, 1.54) is 0 Å². The SMILES string of the molecule is Cn1nccc1C(N)c1cc(Br)ccc1I. The van der Waals surface area contributed by atoms with E-state index in [1.54, 1.807) is 6.20 Å². The standard InChI is InChI=1S/C11H11BrIN3/c1-16-10(4-5-15-16)11(14)8-6-7(12)2-3-9(8)13/h2-6,11H,14H2,1H3. The van der Waals surface area contributed by atoms with Crippen molar-refractivity contribution in [1.29, 1.82) is 0 Å². The number of aromatic nitrogens is 2. The van der Waals surface area contributed by atoms with Crippen molar-refractivity contribution >= 4 is 38.5 Å². The molecule has 0 aliphatic carbocycles. The van der Waals surface area contributed by atoms with Gasteiger partial charge in [0.2, 0.25) is 0 Å². The Balaban J connectivity index is 2.45. The third-order valence-electron chi connectivity index (χ3n) is 2.47. The minimum atomic E-state index is -0.142. The number of nitrogens with zero attached hydrogens (tertiary/aromatic N) is 2. The summed E-state index contributed by atoms with van der Waals surface area (Å²) >= 11 is 5.76. The molecule has 0 fully saturated rings. The van der Waals surface area contributed by atoms with E-state index in [1.807, 2.05) is 23.9 Å². The lowest BCUT2D eigenvalue weighted by atomic mass is 10.1. The van der Waals surface area contributed by atoms with Gasteiger partial charge in [-0.25, -0.2) is 0 Å². The highest BCUT2D eigenvalue weighted by Gasteiger charge is 2.15. The van der Waals surface area contributed by atoms with Gasteiger partial charge in [-0.3, -0.25) is 4.68 Å². The Kier molecular flexibility index (Phi) is 3.66. The van der Waals surface area contributed by atoms with Gasteiger partial charge in [0.25, 0.3) is 0 Å². The van der Waals surface area contributed by atoms with Gasteiger partial charge in [0.05, 0.1) is 11.7 Å². The van der Waals surface area contributed by atoms with Crippen LogP contribution in [0.2, 0.25) is 0 Å². The summed E-state index contributed by atoms with van der Waals surface area (Å²) in [4.78, 5) is 0. The third-order valence-corrected chi connectivity index (χ3v) is 3.95. The lowest BCUT2D eigenvalue weighted by Crippen LogP contribution is -2.17. The van der Waals surface area contributed by atoms with E-state index in [4.69, 9.17) is 5.73 Å². The first kappa shape index (κ1) is 12.1. The van der Waals surface area contributed by atoms with Crippen LogP contribution in [0.15, 0.2) is 34.9 Å². The van der Waals surface area contributed by atoms with Gasteiger partial charge < -0.3 is 5.73 Å². The predicted molar refractivity (Wildman–Crippen MR) is 76.1 cm³/mol. The molecule has 5 heteroatoms. The summed E-state index contributed by atoms with van der Waals surface area (Å²) in [7, 11) is 1.90. The normalized spacial score (nSPS) is 12.8. The molecule has 0 saturated heterocycles. The van der Waals surface area contributed by atoms with Crippen molar-refractivity contribution in [2.24, 2.45) is 12.8 Å². The van der Waals surface area contributed by atoms with E-state index in [-0.39, 0.29) is 6.04 Å². The van der Waals surface area contributed by atoms with Crippen molar-refractivity contribution in [3.05, 3.63) is 49.8 Å². The fourth-order valence-electron chi connectivity index (χ4n) is 1.60. The van der Waals surface area contributed by atoms with E-state index < -0.39 is 0 Å². The fraction of sp³-hybridized carbons (Fsp3) is 0.182. The highest BCUT2D eigenvalue weighted by atomic mass is 127. The monoisotopic (exact) mass is 391 g/mol. The Labute approximate surface area is 116 Å². The summed E-state index contributed by atoms with van der Waals surface area (Å²) in [6, 6.07) is 7.93. The summed E-state index contributed by atoms with van der Waals surface area (Å²) in [5, 5.41) is 4.14. The minimum Gasteiger partial charge on any atom is -0.319 e. The van der Waals surface area contributed by atoms with Crippen molar-refractivity contribution in [3.8, 4) is 0 Å². The molecule has 84 valence electrons. The Hall–Kier alpha value is -0.400. The molecule has 16 heavy (non-hydrogen) atoms. The third kappa shape index (κ3) is 2.31. The number of nitrogens with two attached hydrogens (primary N) is 1. The van der Waals surface area contributed by atoms with Gasteiger partial charge >= 0.3 is 0 Å². The van der Waals surface area contributed by atoms with Crippen LogP contribution in [-0.2, 0) is 7.05 Å². The van der Waals surface area contributed by atoms with Crippen LogP contribution in [0.5, 0.6) is 0 Å². The number of benzene rings is 1. The molecule has 1 aromatic carbocycles. The number of halogens is 2. The quantitative estimate of drug-likeness (QED) is 0.800. The topological polar surface area (TPSA) is 43.8 Å². The average molecular weight is 392 g/mol. The zero-order valence-corrected chi connectivity index (χ0v) is 12.4. The van der Waals surface area contributed by atoms with E-state index in [0.29, 0.717) is 0 Å². The van der Waals surface area contributed by atoms with Gasteiger partial charge in [-0.15, -0.1) is 0 Å². The molecular weight excluding hydrogens is 381 g/mol. The smallest absolute Gasteiger partial charge is 0.0733 e. The zero-order chi connectivity index (χ0) is 11.7. The van der Waals surface area contributed by atoms with E-state index in [9.17, 15) is 0 Å². The van der Waals surface area contributed by atoms with Crippen molar-refractivity contribution < 1.29 is 0 Å². The molecule has 0 radical (unpaired) electrons. The van der Waals surface area contributed by atoms with Crippen LogP contribution < -0.4 is 5.73 Å². The molecule has 0 spiro atoms. The molecule has 1 atom stereocenters. The first-order valence-electron chi connectivity index (χ1n) is 4.78. The second-order valence-corrected chi connectivity index (χ2v) is 5.60. The van der Waals surface area contributed by atoms with Crippen LogP contribution in [-0.4, -0.2) is 9.78 Å². The summed E-state index contributed by atoms with van der Waals surface area (Å²) in [6.45, 7) is 0. The Morgan fingerprint density at radius 1 is 1.44 bits per heavy atom. The second kappa shape index (κ2) is 4.85. The number of rotatable bonds is 2. The van der Waals surface area contributed by atoms with E-state index in [0.717, 1.165) is 19.3 Å². The van der Waals surface area contributed by atoms with Gasteiger partial charge in [-0.05, 0) is 52.4 Å². The van der Waals surface area contributed by atoms with Crippen LogP contribution in [0.25, 0.3) is 0 Å². The predicted octanol–water partition coefficient (Wildman–Crippen LogP) is 2.84. The molecule has 0 aliphatic heterocycles. The molecule has 1 aromatic heterocycles. The molecule has 3 nitrogen and oxygen atoms in total. The molecule has 1 unspecified atom stereocenters. The molecule has 0 saturated carbocycles. The average Bonchev–Trinajstić information content (AvgIpc) is 2.67. The molecule has 2 N–H and O–H groups in total. The Morgan fingerprint density at radius 2 is 2.19 bits per heavy atom. The first-order valence-corrected chi connectivity index (χ1v) is 6.65. The van der Waals surface area contributed by atoms with Gasteiger partial charge in [0, 0.05) is 21.3 Å². The maximum absolute atomic E-state index is 6.24. The molecule has 0 aliphatic rings. The van der Waals surface area contributed by atoms with E-state index in [2.05, 4.69) is 55.8 Å². The number of hydrogen-bond acceptors (Lipinski definition) is 2. The summed E-state index contributed by atoms with van der Waals surface area (Å²) in [6.07, 6.45) is 1.76. The van der Waals surface area contributed by atoms with Crippen LogP contribution in [0, 0.1) is 3.57 Å². The fourth-order valence-corrected chi connectivity index (χ4v) is 2.65. The number of hydrogen-bond donors (Lipinski definition) is 1. The summed E-state index contributed by atoms with van der Waals surface area (Å²) < 4.78 is 4.01. The highest BCUT2D eigenvalue weighted by molar-refractivity contribution is 14.1. The molecular formula is C11H11BrIN3. The maximum Gasteiger partial charge on any atom is 0.0733 e. The Morgan fingerprint density at radius 3 is 2.81 bits per heavy atom. The van der Waals surface area contributed by atoms with Crippen LogP contribution in [0.4, 0.5) is 0 Å². The lowest BCUT2D eigenvalue weighted by molar-refractivity contribution is 0.671. The number of aryl methyl sites for hydroxylation is 1. The van der Waals surface area contributed by atoms with Crippen molar-refractivity contribution in [2.75, 3.05) is 0 Å². The molecule has 0 bridgehead atoms. The molecule has 1 heterocycles. The molecule has 0 amide bonds. The van der Waals surface area contributed by atoms with Gasteiger partial charge in [-0.1, -0.05) is 15.9 Å². The van der Waals surface area contributed by atoms with Crippen LogP contribution >= 0.6 is 38.5 Å². The highest BCUT2D eigenvalue weighted by Crippen LogP contribution is 2.26. The van der Waals surface area contributed by atoms with Gasteiger partial charge in [0.15, 0.2) is 0 Å².